The van der Waals surface area contributed by atoms with E-state index in [0.29, 0.717) is 49.5 Å². The lowest BCUT2D eigenvalue weighted by Crippen LogP contribution is -2.42. The minimum Gasteiger partial charge on any atom is -0.352 e. The number of fused-ring (bicyclic) bond motifs is 1. The first kappa shape index (κ1) is 23.7. The van der Waals surface area contributed by atoms with E-state index in [1.54, 1.807) is 10.8 Å². The van der Waals surface area contributed by atoms with Crippen molar-refractivity contribution in [1.82, 2.24) is 14.5 Å². The van der Waals surface area contributed by atoms with E-state index in [4.69, 9.17) is 4.98 Å². The van der Waals surface area contributed by atoms with Crippen molar-refractivity contribution in [2.45, 2.75) is 39.7 Å². The number of rotatable bonds is 6. The molecule has 2 aromatic carbocycles. The SMILES string of the molecule is CCc1ccccc1NC(=O)C1CCN(c2nc3cccnc3n(Cc3ccc(C)cc3)c2=O)CC1. The van der Waals surface area contributed by atoms with Crippen LogP contribution in [0.25, 0.3) is 11.2 Å². The molecular formula is C29H31N5O2. The van der Waals surface area contributed by atoms with Crippen LogP contribution in [-0.4, -0.2) is 33.5 Å². The van der Waals surface area contributed by atoms with Crippen molar-refractivity contribution in [3.8, 4) is 0 Å². The molecule has 1 aliphatic heterocycles. The molecule has 7 nitrogen and oxygen atoms in total. The molecule has 0 saturated carbocycles. The molecular weight excluding hydrogens is 450 g/mol. The first-order valence-corrected chi connectivity index (χ1v) is 12.6. The maximum absolute atomic E-state index is 13.6. The molecule has 1 saturated heterocycles. The fourth-order valence-electron chi connectivity index (χ4n) is 4.83. The molecule has 5 rings (SSSR count). The highest BCUT2D eigenvalue weighted by molar-refractivity contribution is 5.93. The Kier molecular flexibility index (Phi) is 6.80. The highest BCUT2D eigenvalue weighted by Gasteiger charge is 2.28. The van der Waals surface area contributed by atoms with Gasteiger partial charge in [0.25, 0.3) is 5.56 Å². The summed E-state index contributed by atoms with van der Waals surface area (Å²) in [5, 5.41) is 3.11. The number of aryl methyl sites for hydroxylation is 2. The predicted octanol–water partition coefficient (Wildman–Crippen LogP) is 4.57. The van der Waals surface area contributed by atoms with Gasteiger partial charge in [-0.1, -0.05) is 55.0 Å². The molecule has 2 aromatic heterocycles. The van der Waals surface area contributed by atoms with Gasteiger partial charge in [0, 0.05) is 30.9 Å². The monoisotopic (exact) mass is 481 g/mol. The summed E-state index contributed by atoms with van der Waals surface area (Å²) in [6, 6.07) is 19.8. The van der Waals surface area contributed by atoms with Crippen LogP contribution in [-0.2, 0) is 17.8 Å². The summed E-state index contributed by atoms with van der Waals surface area (Å²) in [6.45, 7) is 5.76. The van der Waals surface area contributed by atoms with Gasteiger partial charge in [-0.05, 0) is 55.5 Å². The highest BCUT2D eigenvalue weighted by atomic mass is 16.2. The van der Waals surface area contributed by atoms with E-state index in [0.717, 1.165) is 23.2 Å². The molecule has 3 heterocycles. The second kappa shape index (κ2) is 10.3. The van der Waals surface area contributed by atoms with E-state index in [-0.39, 0.29) is 17.4 Å². The zero-order valence-electron chi connectivity index (χ0n) is 20.8. The van der Waals surface area contributed by atoms with Crippen LogP contribution in [0.15, 0.2) is 71.7 Å². The van der Waals surface area contributed by atoms with Crippen LogP contribution >= 0.6 is 0 Å². The minimum atomic E-state index is -0.151. The number of piperidine rings is 1. The average Bonchev–Trinajstić information content (AvgIpc) is 2.91. The van der Waals surface area contributed by atoms with Crippen molar-refractivity contribution in [3.63, 3.8) is 0 Å². The van der Waals surface area contributed by atoms with Crippen molar-refractivity contribution in [3.05, 3.63) is 93.9 Å². The second-order valence-electron chi connectivity index (χ2n) is 9.42. The normalized spacial score (nSPS) is 14.2. The van der Waals surface area contributed by atoms with Gasteiger partial charge in [0.1, 0.15) is 5.52 Å². The van der Waals surface area contributed by atoms with E-state index in [1.165, 1.54) is 5.56 Å². The summed E-state index contributed by atoms with van der Waals surface area (Å²) in [5.41, 5.74) is 5.35. The molecule has 184 valence electrons. The van der Waals surface area contributed by atoms with Gasteiger partial charge in [0.05, 0.1) is 6.54 Å². The standard InChI is InChI=1S/C29H31N5O2/c1-3-22-7-4-5-8-24(22)32-28(35)23-14-17-33(18-15-23)27-29(36)34(19-21-12-10-20(2)11-13-21)26-25(31-27)9-6-16-30-26/h4-13,16,23H,3,14-15,17-19H2,1-2H3,(H,32,35). The van der Waals surface area contributed by atoms with Gasteiger partial charge in [-0.25, -0.2) is 9.97 Å². The number of pyridine rings is 1. The van der Waals surface area contributed by atoms with E-state index < -0.39 is 0 Å². The molecule has 4 aromatic rings. The summed E-state index contributed by atoms with van der Waals surface area (Å²) in [5.74, 6) is 0.379. The number of aromatic nitrogens is 3. The van der Waals surface area contributed by atoms with Gasteiger partial charge in [-0.2, -0.15) is 0 Å². The van der Waals surface area contributed by atoms with Crippen molar-refractivity contribution >= 4 is 28.6 Å². The van der Waals surface area contributed by atoms with Crippen LogP contribution in [0.3, 0.4) is 0 Å². The lowest BCUT2D eigenvalue weighted by molar-refractivity contribution is -0.120. The molecule has 7 heteroatoms. The zero-order chi connectivity index (χ0) is 25.1. The summed E-state index contributed by atoms with van der Waals surface area (Å²) in [7, 11) is 0. The van der Waals surface area contributed by atoms with Crippen LogP contribution in [0.2, 0.25) is 0 Å². The minimum absolute atomic E-state index is 0.0444. The van der Waals surface area contributed by atoms with Crippen LogP contribution < -0.4 is 15.8 Å². The van der Waals surface area contributed by atoms with Crippen molar-refractivity contribution < 1.29 is 4.79 Å². The number of anilines is 2. The Balaban J connectivity index is 1.36. The van der Waals surface area contributed by atoms with E-state index in [9.17, 15) is 9.59 Å². The first-order valence-electron chi connectivity index (χ1n) is 12.6. The van der Waals surface area contributed by atoms with E-state index >= 15 is 0 Å². The quantitative estimate of drug-likeness (QED) is 0.437. The molecule has 1 fully saturated rings. The topological polar surface area (TPSA) is 80.1 Å². The van der Waals surface area contributed by atoms with Crippen molar-refractivity contribution in [1.29, 1.82) is 0 Å². The predicted molar refractivity (Wildman–Crippen MR) is 143 cm³/mol. The van der Waals surface area contributed by atoms with Crippen LogP contribution in [0.4, 0.5) is 11.5 Å². The molecule has 1 N–H and O–H groups in total. The summed E-state index contributed by atoms with van der Waals surface area (Å²) >= 11 is 0. The Morgan fingerprint density at radius 2 is 1.78 bits per heavy atom. The number of amides is 1. The fourth-order valence-corrected chi connectivity index (χ4v) is 4.83. The van der Waals surface area contributed by atoms with Crippen LogP contribution in [0.1, 0.15) is 36.5 Å². The molecule has 1 amide bonds. The number of hydrogen-bond donors (Lipinski definition) is 1. The number of para-hydroxylation sites is 1. The Morgan fingerprint density at radius 3 is 2.53 bits per heavy atom. The van der Waals surface area contributed by atoms with Crippen molar-refractivity contribution in [2.75, 3.05) is 23.3 Å². The Bertz CT molecular complexity index is 1440. The summed E-state index contributed by atoms with van der Waals surface area (Å²) < 4.78 is 1.71. The van der Waals surface area contributed by atoms with Crippen molar-refractivity contribution in [2.24, 2.45) is 5.92 Å². The fraction of sp³-hybridized carbons (Fsp3) is 0.310. The third-order valence-electron chi connectivity index (χ3n) is 6.97. The lowest BCUT2D eigenvalue weighted by Gasteiger charge is -2.32. The van der Waals surface area contributed by atoms with Crippen LogP contribution in [0, 0.1) is 12.8 Å². The second-order valence-corrected chi connectivity index (χ2v) is 9.42. The number of carbonyl (C=O) groups is 1. The number of nitrogens with zero attached hydrogens (tertiary/aromatic N) is 4. The van der Waals surface area contributed by atoms with Gasteiger partial charge in [0.15, 0.2) is 11.5 Å². The molecule has 0 radical (unpaired) electrons. The molecule has 0 unspecified atom stereocenters. The number of benzene rings is 2. The maximum atomic E-state index is 13.6. The highest BCUT2D eigenvalue weighted by Crippen LogP contribution is 2.24. The summed E-state index contributed by atoms with van der Waals surface area (Å²) in [4.78, 5) is 37.8. The maximum Gasteiger partial charge on any atom is 0.295 e. The van der Waals surface area contributed by atoms with Gasteiger partial charge < -0.3 is 10.2 Å². The van der Waals surface area contributed by atoms with Gasteiger partial charge in [0.2, 0.25) is 5.91 Å². The van der Waals surface area contributed by atoms with Gasteiger partial charge in [-0.15, -0.1) is 0 Å². The first-order chi connectivity index (χ1) is 17.5. The molecule has 0 aliphatic carbocycles. The Labute approximate surface area is 210 Å². The molecule has 36 heavy (non-hydrogen) atoms. The molecule has 0 atom stereocenters. The third-order valence-corrected chi connectivity index (χ3v) is 6.97. The third kappa shape index (κ3) is 4.87. The molecule has 0 spiro atoms. The van der Waals surface area contributed by atoms with Gasteiger partial charge in [-0.3, -0.25) is 14.2 Å². The van der Waals surface area contributed by atoms with E-state index in [2.05, 4.69) is 17.2 Å². The van der Waals surface area contributed by atoms with E-state index in [1.807, 2.05) is 72.5 Å². The lowest BCUT2D eigenvalue weighted by atomic mass is 9.95. The zero-order valence-corrected chi connectivity index (χ0v) is 20.8. The molecule has 0 bridgehead atoms. The smallest absolute Gasteiger partial charge is 0.295 e. The number of carbonyl (C=O) groups excluding carboxylic acids is 1. The Morgan fingerprint density at radius 1 is 1.03 bits per heavy atom. The number of nitrogens with one attached hydrogen (secondary N) is 1. The van der Waals surface area contributed by atoms with Crippen LogP contribution in [0.5, 0.6) is 0 Å². The largest absolute Gasteiger partial charge is 0.352 e. The number of hydrogen-bond acceptors (Lipinski definition) is 5. The molecule has 1 aliphatic rings. The summed E-state index contributed by atoms with van der Waals surface area (Å²) in [6.07, 6.45) is 3.90. The van der Waals surface area contributed by atoms with Gasteiger partial charge >= 0.3 is 0 Å². The Hall–Kier alpha value is -4.00. The average molecular weight is 482 g/mol.